The van der Waals surface area contributed by atoms with Gasteiger partial charge in [0.05, 0.1) is 31.2 Å². The number of amides is 4. The van der Waals surface area contributed by atoms with Crippen molar-refractivity contribution in [1.29, 1.82) is 0 Å². The van der Waals surface area contributed by atoms with Crippen molar-refractivity contribution < 1.29 is 43.3 Å². The number of esters is 1. The zero-order valence-electron chi connectivity index (χ0n) is 36.3. The first kappa shape index (κ1) is 49.7. The number of hydrogen-bond acceptors (Lipinski definition) is 11. The number of nitrogens with zero attached hydrogens (tertiary/aromatic N) is 4. The largest absolute Gasteiger partial charge is 0.461 e. The lowest BCUT2D eigenvalue weighted by molar-refractivity contribution is -0.485. The lowest BCUT2D eigenvalue weighted by atomic mass is 9.93. The normalized spacial score (nSPS) is 18.2. The Morgan fingerprint density at radius 1 is 0.873 bits per heavy atom. The molecule has 6 atom stereocenters. The molecule has 0 bridgehead atoms. The van der Waals surface area contributed by atoms with Gasteiger partial charge in [-0.25, -0.2) is 10.1 Å². The first-order valence-corrected chi connectivity index (χ1v) is 21.8. The highest BCUT2D eigenvalue weighted by Gasteiger charge is 2.44. The Kier molecular flexibility index (Phi) is 20.4. The lowest BCUT2D eigenvalue weighted by Gasteiger charge is -2.34. The van der Waals surface area contributed by atoms with Crippen LogP contribution < -0.4 is 27.4 Å². The number of benzene rings is 2. The van der Waals surface area contributed by atoms with Gasteiger partial charge in [0.1, 0.15) is 29.8 Å². The molecular formula is C44H63N9O10. The van der Waals surface area contributed by atoms with Crippen LogP contribution in [0.25, 0.3) is 0 Å². The Hall–Kier alpha value is -5.95. The summed E-state index contributed by atoms with van der Waals surface area (Å²) >= 11 is 0. The van der Waals surface area contributed by atoms with Gasteiger partial charge < -0.3 is 46.7 Å². The number of unbranched alkanes of at least 4 members (excludes halogenated alkanes) is 2. The van der Waals surface area contributed by atoms with Crippen LogP contribution in [0.5, 0.6) is 0 Å². The topological polar surface area (TPSA) is 271 Å². The quantitative estimate of drug-likeness (QED) is 0.0240. The maximum Gasteiger partial charge on any atom is 0.309 e. The SMILES string of the molecule is CCCCCC(NC(=O)C(NC(=O)CN)C(C)OCc1ccccc1)C(=O)N1CCCC1C(=O)N1CCCC1C(=O)CC(CCCN/C(N)=N\[N+](=O)[O-])C(=O)OCc1ccccc1. The molecule has 2 aliphatic heterocycles. The number of Topliss-reactive ketones (excluding diaryl/α,β-unsaturated/α-hetero) is 1. The van der Waals surface area contributed by atoms with Gasteiger partial charge in [0.25, 0.3) is 5.96 Å². The van der Waals surface area contributed by atoms with Crippen molar-refractivity contribution in [3.63, 3.8) is 0 Å². The Labute approximate surface area is 368 Å². The third-order valence-electron chi connectivity index (χ3n) is 11.3. The van der Waals surface area contributed by atoms with Gasteiger partial charge in [-0.05, 0) is 63.0 Å². The molecule has 0 spiro atoms. The van der Waals surface area contributed by atoms with Gasteiger partial charge in [0.2, 0.25) is 23.6 Å². The second kappa shape index (κ2) is 25.9. The van der Waals surface area contributed by atoms with E-state index in [-0.39, 0.29) is 63.9 Å². The minimum Gasteiger partial charge on any atom is -0.461 e. The molecule has 2 aromatic rings. The fourth-order valence-electron chi connectivity index (χ4n) is 7.90. The Bertz CT molecular complexity index is 1870. The van der Waals surface area contributed by atoms with Crippen LogP contribution in [0.1, 0.15) is 95.6 Å². The molecule has 0 aliphatic carbocycles. The number of rotatable bonds is 25. The highest BCUT2D eigenvalue weighted by molar-refractivity contribution is 5.97. The fraction of sp³-hybridized carbons (Fsp3) is 0.568. The van der Waals surface area contributed by atoms with E-state index in [4.69, 9.17) is 20.9 Å². The van der Waals surface area contributed by atoms with Gasteiger partial charge >= 0.3 is 5.97 Å². The summed E-state index contributed by atoms with van der Waals surface area (Å²) in [5, 5.41) is 20.9. The van der Waals surface area contributed by atoms with Crippen LogP contribution in [-0.2, 0) is 51.5 Å². The first-order chi connectivity index (χ1) is 30.3. The van der Waals surface area contributed by atoms with Crippen LogP contribution in [0.2, 0.25) is 0 Å². The van der Waals surface area contributed by atoms with E-state index >= 15 is 0 Å². The van der Waals surface area contributed by atoms with Gasteiger partial charge in [-0.2, -0.15) is 0 Å². The lowest BCUT2D eigenvalue weighted by Crippen LogP contribution is -2.59. The smallest absolute Gasteiger partial charge is 0.309 e. The van der Waals surface area contributed by atoms with E-state index in [1.54, 1.807) is 19.1 Å². The van der Waals surface area contributed by atoms with E-state index in [0.717, 1.165) is 24.0 Å². The number of ketones is 1. The molecule has 2 heterocycles. The summed E-state index contributed by atoms with van der Waals surface area (Å²) in [5.74, 6) is -4.20. The summed E-state index contributed by atoms with van der Waals surface area (Å²) in [5.41, 5.74) is 12.8. The Morgan fingerprint density at radius 3 is 2.14 bits per heavy atom. The van der Waals surface area contributed by atoms with Gasteiger partial charge in [0.15, 0.2) is 10.8 Å². The van der Waals surface area contributed by atoms with E-state index in [1.807, 2.05) is 55.5 Å². The zero-order valence-corrected chi connectivity index (χ0v) is 36.3. The maximum absolute atomic E-state index is 14.4. The molecule has 4 rings (SSSR count). The van der Waals surface area contributed by atoms with Gasteiger partial charge in [-0.1, -0.05) is 86.8 Å². The van der Waals surface area contributed by atoms with Crippen molar-refractivity contribution in [1.82, 2.24) is 25.8 Å². The van der Waals surface area contributed by atoms with Gasteiger partial charge in [0, 0.05) is 26.1 Å². The third-order valence-corrected chi connectivity index (χ3v) is 11.3. The highest BCUT2D eigenvalue weighted by atomic mass is 16.7. The molecule has 2 aromatic carbocycles. The summed E-state index contributed by atoms with van der Waals surface area (Å²) in [4.78, 5) is 96.4. The highest BCUT2D eigenvalue weighted by Crippen LogP contribution is 2.28. The van der Waals surface area contributed by atoms with Gasteiger partial charge in [-0.3, -0.25) is 28.8 Å². The molecule has 6 unspecified atom stereocenters. The molecule has 344 valence electrons. The maximum atomic E-state index is 14.4. The van der Waals surface area contributed by atoms with Crippen LogP contribution in [0.3, 0.4) is 0 Å². The molecule has 2 aliphatic rings. The molecule has 0 radical (unpaired) electrons. The van der Waals surface area contributed by atoms with E-state index < -0.39 is 70.9 Å². The molecule has 2 saturated heterocycles. The van der Waals surface area contributed by atoms with Crippen LogP contribution in [0, 0.1) is 16.0 Å². The minimum absolute atomic E-state index is 0.00537. The van der Waals surface area contributed by atoms with Crippen LogP contribution in [-0.4, -0.2) is 113 Å². The number of carbonyl (C=O) groups excluding carboxylic acids is 6. The molecule has 19 heteroatoms. The number of nitrogens with two attached hydrogens (primary N) is 2. The van der Waals surface area contributed by atoms with Crippen molar-refractivity contribution in [3.8, 4) is 0 Å². The standard InChI is InChI=1S/C44H63N9O10/c1-3-4-7-20-34(48-40(56)39(49-38(55)27-45)30(2)62-28-31-15-8-5-9-16-31)41(57)52-25-14-22-36(52)42(58)51-24-13-21-35(51)37(54)26-33(19-12-23-47-44(46)50-53(60)61)43(59)63-29-32-17-10-6-11-18-32/h5-6,8-11,15-18,30,33-36,39H,3-4,7,12-14,19-29,45H2,1-2H3,(H,48,56)(H,49,55)(H3,46,47,50). The Balaban J connectivity index is 1.46. The average molecular weight is 878 g/mol. The molecule has 2 fully saturated rings. The van der Waals surface area contributed by atoms with E-state index in [2.05, 4.69) is 21.1 Å². The average Bonchev–Trinajstić information content (AvgIpc) is 3.99. The third kappa shape index (κ3) is 15.7. The summed E-state index contributed by atoms with van der Waals surface area (Å²) < 4.78 is 11.6. The second-order valence-electron chi connectivity index (χ2n) is 15.9. The number of carbonyl (C=O) groups is 6. The summed E-state index contributed by atoms with van der Waals surface area (Å²) in [6, 6.07) is 14.5. The number of hydrogen-bond donors (Lipinski definition) is 5. The number of likely N-dealkylation sites (tertiary alicyclic amines) is 2. The first-order valence-electron chi connectivity index (χ1n) is 21.8. The summed E-state index contributed by atoms with van der Waals surface area (Å²) in [6.45, 7) is 4.18. The van der Waals surface area contributed by atoms with E-state index in [0.29, 0.717) is 44.9 Å². The Morgan fingerprint density at radius 2 is 1.51 bits per heavy atom. The molecular weight excluding hydrogens is 815 g/mol. The molecule has 0 aromatic heterocycles. The fourth-order valence-corrected chi connectivity index (χ4v) is 7.90. The predicted molar refractivity (Wildman–Crippen MR) is 232 cm³/mol. The number of hydrazone groups is 1. The minimum atomic E-state index is -1.17. The van der Waals surface area contributed by atoms with Crippen molar-refractivity contribution in [2.45, 2.75) is 128 Å². The zero-order chi connectivity index (χ0) is 45.7. The second-order valence-corrected chi connectivity index (χ2v) is 15.9. The number of nitro groups is 1. The van der Waals surface area contributed by atoms with Crippen molar-refractivity contribution in [2.24, 2.45) is 22.5 Å². The van der Waals surface area contributed by atoms with Crippen molar-refractivity contribution >= 4 is 41.3 Å². The van der Waals surface area contributed by atoms with Crippen LogP contribution in [0.4, 0.5) is 0 Å². The molecule has 0 saturated carbocycles. The molecule has 19 nitrogen and oxygen atoms in total. The number of guanidine groups is 1. The predicted octanol–water partition coefficient (Wildman–Crippen LogP) is 2.28. The summed E-state index contributed by atoms with van der Waals surface area (Å²) in [6.07, 6.45) is 3.86. The van der Waals surface area contributed by atoms with Crippen molar-refractivity contribution in [2.75, 3.05) is 26.2 Å². The summed E-state index contributed by atoms with van der Waals surface area (Å²) in [7, 11) is 0. The van der Waals surface area contributed by atoms with E-state index in [1.165, 1.54) is 9.80 Å². The molecule has 63 heavy (non-hydrogen) atoms. The van der Waals surface area contributed by atoms with Crippen LogP contribution >= 0.6 is 0 Å². The van der Waals surface area contributed by atoms with Gasteiger partial charge in [-0.15, -0.1) is 0 Å². The number of nitrogens with one attached hydrogen (secondary N) is 3. The molecule has 7 N–H and O–H groups in total. The monoisotopic (exact) mass is 877 g/mol. The number of ether oxygens (including phenoxy) is 2. The van der Waals surface area contributed by atoms with Crippen LogP contribution in [0.15, 0.2) is 65.8 Å². The molecule has 4 amide bonds. The van der Waals surface area contributed by atoms with Crippen molar-refractivity contribution in [3.05, 3.63) is 81.9 Å². The van der Waals surface area contributed by atoms with E-state index in [9.17, 15) is 38.9 Å².